The largest absolute Gasteiger partial charge is 0.481 e. The number of carboxylic acid groups (broad SMARTS) is 2. The normalized spacial score (nSPS) is 15.1. The molecule has 0 aliphatic carbocycles. The molecule has 14 nitrogen and oxygen atoms in total. The Bertz CT molecular complexity index is 800. The number of hydrogen-bond donors (Lipinski definition) is 8. The summed E-state index contributed by atoms with van der Waals surface area (Å²) in [4.78, 5) is 64.7. The van der Waals surface area contributed by atoms with Crippen molar-refractivity contribution in [2.24, 2.45) is 34.0 Å². The smallest absolute Gasteiger partial charge is 0.326 e. The van der Waals surface area contributed by atoms with Gasteiger partial charge in [-0.05, 0) is 31.1 Å². The first-order valence-electron chi connectivity index (χ1n) is 11.9. The number of amides is 3. The van der Waals surface area contributed by atoms with Gasteiger partial charge >= 0.3 is 11.9 Å². The molecule has 5 atom stereocenters. The lowest BCUT2D eigenvalue weighted by molar-refractivity contribution is -0.143. The third-order valence-corrected chi connectivity index (χ3v) is 5.42. The Morgan fingerprint density at radius 1 is 0.889 bits per heavy atom. The summed E-state index contributed by atoms with van der Waals surface area (Å²) in [6.07, 6.45) is 0.445. The molecule has 0 aromatic carbocycles. The maximum absolute atomic E-state index is 13.1. The molecule has 206 valence electrons. The number of hydrogen-bond acceptors (Lipinski definition) is 7. The molecule has 0 aromatic rings. The van der Waals surface area contributed by atoms with E-state index in [9.17, 15) is 29.1 Å². The molecule has 0 spiro atoms. The zero-order valence-electron chi connectivity index (χ0n) is 21.3. The van der Waals surface area contributed by atoms with Crippen LogP contribution in [-0.4, -0.2) is 76.5 Å². The first-order chi connectivity index (χ1) is 16.7. The average molecular weight is 516 g/mol. The molecular formula is C22H41N7O7. The molecule has 14 heteroatoms. The van der Waals surface area contributed by atoms with E-state index in [4.69, 9.17) is 22.3 Å². The molecular weight excluding hydrogens is 474 g/mol. The summed E-state index contributed by atoms with van der Waals surface area (Å²) in [7, 11) is 0. The molecule has 0 saturated heterocycles. The Labute approximate surface area is 210 Å². The number of carbonyl (C=O) groups is 5. The molecule has 36 heavy (non-hydrogen) atoms. The molecule has 5 unspecified atom stereocenters. The molecule has 0 aromatic heterocycles. The van der Waals surface area contributed by atoms with Crippen LogP contribution in [0.2, 0.25) is 0 Å². The van der Waals surface area contributed by atoms with Gasteiger partial charge < -0.3 is 43.4 Å². The standard InChI is InChI=1S/C22H41N7O7/c1-5-12(4)17(20(34)27-14(21(35)36)7-6-8-26-22(24)25)29-19(33)15(9-11(2)3)28-18(32)13(23)10-16(30)31/h11-15,17H,5-10,23H2,1-4H3,(H,27,34)(H,28,32)(H,29,33)(H,30,31)(H,35,36)(H4,24,25,26). The van der Waals surface area contributed by atoms with E-state index < -0.39 is 60.2 Å². The minimum Gasteiger partial charge on any atom is -0.481 e. The van der Waals surface area contributed by atoms with E-state index in [1.165, 1.54) is 0 Å². The van der Waals surface area contributed by atoms with Crippen molar-refractivity contribution in [3.05, 3.63) is 0 Å². The van der Waals surface area contributed by atoms with Gasteiger partial charge in [-0.1, -0.05) is 34.1 Å². The molecule has 0 rings (SSSR count). The van der Waals surface area contributed by atoms with Crippen molar-refractivity contribution in [3.8, 4) is 0 Å². The number of guanidine groups is 1. The van der Waals surface area contributed by atoms with Crippen molar-refractivity contribution in [3.63, 3.8) is 0 Å². The summed E-state index contributed by atoms with van der Waals surface area (Å²) in [6.45, 7) is 7.36. The van der Waals surface area contributed by atoms with Crippen LogP contribution in [0.15, 0.2) is 4.99 Å². The second-order valence-corrected chi connectivity index (χ2v) is 9.12. The van der Waals surface area contributed by atoms with Gasteiger partial charge in [0.05, 0.1) is 12.5 Å². The van der Waals surface area contributed by atoms with Crippen LogP contribution in [0.25, 0.3) is 0 Å². The number of carbonyl (C=O) groups excluding carboxylic acids is 3. The van der Waals surface area contributed by atoms with Gasteiger partial charge in [-0.25, -0.2) is 4.79 Å². The minimum absolute atomic E-state index is 0.0331. The zero-order chi connectivity index (χ0) is 28.0. The van der Waals surface area contributed by atoms with E-state index in [1.807, 2.05) is 13.8 Å². The molecule has 0 fully saturated rings. The quantitative estimate of drug-likeness (QED) is 0.0630. The van der Waals surface area contributed by atoms with Gasteiger partial charge in [0.2, 0.25) is 17.7 Å². The van der Waals surface area contributed by atoms with Gasteiger partial charge in [0.25, 0.3) is 0 Å². The average Bonchev–Trinajstić information content (AvgIpc) is 2.76. The predicted octanol–water partition coefficient (Wildman–Crippen LogP) is -1.53. The molecule has 0 radical (unpaired) electrons. The third kappa shape index (κ3) is 12.9. The topological polar surface area (TPSA) is 252 Å². The summed E-state index contributed by atoms with van der Waals surface area (Å²) in [5.41, 5.74) is 16.1. The van der Waals surface area contributed by atoms with Crippen LogP contribution in [0.5, 0.6) is 0 Å². The highest BCUT2D eigenvalue weighted by molar-refractivity contribution is 5.94. The molecule has 0 saturated carbocycles. The fourth-order valence-electron chi connectivity index (χ4n) is 3.24. The van der Waals surface area contributed by atoms with Crippen molar-refractivity contribution in [1.82, 2.24) is 16.0 Å². The lowest BCUT2D eigenvalue weighted by Crippen LogP contribution is -2.59. The van der Waals surface area contributed by atoms with Crippen molar-refractivity contribution in [2.75, 3.05) is 6.54 Å². The summed E-state index contributed by atoms with van der Waals surface area (Å²) >= 11 is 0. The third-order valence-electron chi connectivity index (χ3n) is 5.42. The van der Waals surface area contributed by atoms with Gasteiger partial charge in [-0.3, -0.25) is 24.2 Å². The van der Waals surface area contributed by atoms with Crippen LogP contribution in [0.1, 0.15) is 59.8 Å². The van der Waals surface area contributed by atoms with Crippen molar-refractivity contribution >= 4 is 35.6 Å². The number of carboxylic acids is 2. The lowest BCUT2D eigenvalue weighted by atomic mass is 9.96. The highest BCUT2D eigenvalue weighted by Crippen LogP contribution is 2.12. The Kier molecular flexibility index (Phi) is 14.7. The van der Waals surface area contributed by atoms with Crippen LogP contribution in [0.4, 0.5) is 0 Å². The maximum Gasteiger partial charge on any atom is 0.326 e. The van der Waals surface area contributed by atoms with E-state index in [0.29, 0.717) is 12.8 Å². The Balaban J connectivity index is 5.53. The van der Waals surface area contributed by atoms with Crippen LogP contribution in [0, 0.1) is 11.8 Å². The fourth-order valence-corrected chi connectivity index (χ4v) is 3.24. The van der Waals surface area contributed by atoms with Crippen LogP contribution < -0.4 is 33.2 Å². The van der Waals surface area contributed by atoms with Gasteiger partial charge in [0, 0.05) is 6.54 Å². The molecule has 0 bridgehead atoms. The Morgan fingerprint density at radius 2 is 1.47 bits per heavy atom. The molecule has 11 N–H and O–H groups in total. The monoisotopic (exact) mass is 515 g/mol. The van der Waals surface area contributed by atoms with Crippen LogP contribution >= 0.6 is 0 Å². The first-order valence-corrected chi connectivity index (χ1v) is 11.9. The number of rotatable bonds is 17. The van der Waals surface area contributed by atoms with E-state index in [2.05, 4.69) is 20.9 Å². The van der Waals surface area contributed by atoms with E-state index >= 15 is 0 Å². The molecule has 3 amide bonds. The number of aliphatic carboxylic acids is 2. The molecule has 0 aliphatic rings. The maximum atomic E-state index is 13.1. The summed E-state index contributed by atoms with van der Waals surface area (Å²) in [5.74, 6) is -5.21. The number of nitrogens with one attached hydrogen (secondary N) is 3. The molecule has 0 heterocycles. The Hall–Kier alpha value is -3.42. The number of nitrogens with zero attached hydrogens (tertiary/aromatic N) is 1. The van der Waals surface area contributed by atoms with E-state index in [0.717, 1.165) is 0 Å². The first kappa shape index (κ1) is 32.6. The Morgan fingerprint density at radius 3 is 1.94 bits per heavy atom. The van der Waals surface area contributed by atoms with E-state index in [-0.39, 0.29) is 37.2 Å². The SMILES string of the molecule is CCC(C)C(NC(=O)C(CC(C)C)NC(=O)C(N)CC(=O)O)C(=O)NC(CCCN=C(N)N)C(=O)O. The van der Waals surface area contributed by atoms with Gasteiger partial charge in [0.15, 0.2) is 5.96 Å². The second-order valence-electron chi connectivity index (χ2n) is 9.12. The summed E-state index contributed by atoms with van der Waals surface area (Å²) in [5, 5.41) is 25.9. The minimum atomic E-state index is -1.35. The summed E-state index contributed by atoms with van der Waals surface area (Å²) < 4.78 is 0. The van der Waals surface area contributed by atoms with Gasteiger partial charge in [0.1, 0.15) is 18.1 Å². The second kappa shape index (κ2) is 16.3. The van der Waals surface area contributed by atoms with Gasteiger partial charge in [-0.15, -0.1) is 0 Å². The van der Waals surface area contributed by atoms with Crippen molar-refractivity contribution in [2.45, 2.75) is 84.0 Å². The van der Waals surface area contributed by atoms with Gasteiger partial charge in [-0.2, -0.15) is 0 Å². The predicted molar refractivity (Wildman–Crippen MR) is 132 cm³/mol. The van der Waals surface area contributed by atoms with Crippen molar-refractivity contribution in [1.29, 1.82) is 0 Å². The fraction of sp³-hybridized carbons (Fsp3) is 0.727. The molecule has 0 aliphatic heterocycles. The number of aliphatic imine (C=N–C) groups is 1. The lowest BCUT2D eigenvalue weighted by Gasteiger charge is -2.28. The van der Waals surface area contributed by atoms with Crippen molar-refractivity contribution < 1.29 is 34.2 Å². The van der Waals surface area contributed by atoms with Crippen LogP contribution in [-0.2, 0) is 24.0 Å². The van der Waals surface area contributed by atoms with E-state index in [1.54, 1.807) is 13.8 Å². The highest BCUT2D eigenvalue weighted by Gasteiger charge is 2.33. The van der Waals surface area contributed by atoms with Crippen LogP contribution in [0.3, 0.4) is 0 Å². The zero-order valence-corrected chi connectivity index (χ0v) is 21.3. The highest BCUT2D eigenvalue weighted by atomic mass is 16.4. The summed E-state index contributed by atoms with van der Waals surface area (Å²) in [6, 6.07) is -4.74. The number of nitrogens with two attached hydrogens (primary N) is 3.